The molecule has 7 heteroatoms. The van der Waals surface area contributed by atoms with Crippen molar-refractivity contribution < 1.29 is 14.4 Å². The summed E-state index contributed by atoms with van der Waals surface area (Å²) in [6.07, 6.45) is 5.87. The number of allylic oxidation sites excluding steroid dienone is 1. The van der Waals surface area contributed by atoms with Gasteiger partial charge in [-0.15, -0.1) is 0 Å². The van der Waals surface area contributed by atoms with Crippen molar-refractivity contribution in [2.45, 2.75) is 44.2 Å². The molecule has 168 valence electrons. The average molecular weight is 454 g/mol. The van der Waals surface area contributed by atoms with Gasteiger partial charge in [-0.05, 0) is 42.5 Å². The van der Waals surface area contributed by atoms with E-state index in [2.05, 4.69) is 16.0 Å². The zero-order valence-corrected chi connectivity index (χ0v) is 18.6. The zero-order chi connectivity index (χ0) is 22.8. The summed E-state index contributed by atoms with van der Waals surface area (Å²) in [5.74, 6) is -0.524. The van der Waals surface area contributed by atoms with E-state index in [0.29, 0.717) is 30.7 Å². The number of benzene rings is 2. The SMILES string of the molecule is O=C1CCC=CC[C@@H](NC(=O)CCc2ccc(Cl)cc2)C(=O)NC[C@@H](c2ccccc2)N1. The first-order chi connectivity index (χ1) is 15.5. The van der Waals surface area contributed by atoms with Gasteiger partial charge in [0.15, 0.2) is 0 Å². The van der Waals surface area contributed by atoms with Crippen LogP contribution in [0.15, 0.2) is 66.7 Å². The monoisotopic (exact) mass is 453 g/mol. The second kappa shape index (κ2) is 12.1. The summed E-state index contributed by atoms with van der Waals surface area (Å²) in [7, 11) is 0. The number of nitrogens with one attached hydrogen (secondary N) is 3. The third-order valence-electron chi connectivity index (χ3n) is 5.30. The van der Waals surface area contributed by atoms with Crippen molar-refractivity contribution in [1.29, 1.82) is 0 Å². The van der Waals surface area contributed by atoms with Gasteiger partial charge in [-0.2, -0.15) is 0 Å². The van der Waals surface area contributed by atoms with Gasteiger partial charge in [0, 0.05) is 24.4 Å². The van der Waals surface area contributed by atoms with E-state index in [0.717, 1.165) is 11.1 Å². The molecule has 0 radical (unpaired) electrons. The van der Waals surface area contributed by atoms with Gasteiger partial charge in [0.2, 0.25) is 17.7 Å². The zero-order valence-electron chi connectivity index (χ0n) is 17.9. The van der Waals surface area contributed by atoms with E-state index < -0.39 is 6.04 Å². The van der Waals surface area contributed by atoms with Gasteiger partial charge in [0.25, 0.3) is 0 Å². The van der Waals surface area contributed by atoms with E-state index >= 15 is 0 Å². The van der Waals surface area contributed by atoms with Crippen LogP contribution in [0, 0.1) is 0 Å². The van der Waals surface area contributed by atoms with E-state index in [4.69, 9.17) is 11.6 Å². The van der Waals surface area contributed by atoms with Gasteiger partial charge in [0.05, 0.1) is 6.04 Å². The summed E-state index contributed by atoms with van der Waals surface area (Å²) in [4.78, 5) is 37.6. The molecule has 0 saturated heterocycles. The van der Waals surface area contributed by atoms with Crippen LogP contribution in [-0.2, 0) is 20.8 Å². The summed E-state index contributed by atoms with van der Waals surface area (Å²) < 4.78 is 0. The second-order valence-electron chi connectivity index (χ2n) is 7.77. The molecule has 0 aromatic heterocycles. The quantitative estimate of drug-likeness (QED) is 0.606. The van der Waals surface area contributed by atoms with E-state index in [1.807, 2.05) is 54.6 Å². The smallest absolute Gasteiger partial charge is 0.242 e. The molecule has 1 aliphatic heterocycles. The Bertz CT molecular complexity index is 945. The molecule has 0 saturated carbocycles. The van der Waals surface area contributed by atoms with E-state index in [9.17, 15) is 14.4 Å². The topological polar surface area (TPSA) is 87.3 Å². The number of hydrogen-bond donors (Lipinski definition) is 3. The molecule has 1 heterocycles. The Morgan fingerprint density at radius 3 is 2.53 bits per heavy atom. The normalized spacial score (nSPS) is 19.8. The lowest BCUT2D eigenvalue weighted by atomic mass is 10.0. The van der Waals surface area contributed by atoms with Crippen LogP contribution in [-0.4, -0.2) is 30.3 Å². The van der Waals surface area contributed by atoms with Gasteiger partial charge in [0.1, 0.15) is 6.04 Å². The number of hydrogen-bond acceptors (Lipinski definition) is 3. The van der Waals surface area contributed by atoms with Crippen molar-refractivity contribution in [2.75, 3.05) is 6.54 Å². The third kappa shape index (κ3) is 7.54. The van der Waals surface area contributed by atoms with Crippen LogP contribution in [0.5, 0.6) is 0 Å². The molecular formula is C25H28ClN3O3. The van der Waals surface area contributed by atoms with Crippen LogP contribution in [0.4, 0.5) is 0 Å². The van der Waals surface area contributed by atoms with Crippen LogP contribution in [0.3, 0.4) is 0 Å². The van der Waals surface area contributed by atoms with Gasteiger partial charge < -0.3 is 16.0 Å². The summed E-state index contributed by atoms with van der Waals surface area (Å²) in [5.41, 5.74) is 1.92. The minimum Gasteiger partial charge on any atom is -0.352 e. The Labute approximate surface area is 193 Å². The Kier molecular flexibility index (Phi) is 8.87. The van der Waals surface area contributed by atoms with Crippen LogP contribution in [0.1, 0.15) is 42.9 Å². The van der Waals surface area contributed by atoms with Gasteiger partial charge in [-0.25, -0.2) is 0 Å². The van der Waals surface area contributed by atoms with E-state index in [1.54, 1.807) is 12.1 Å². The van der Waals surface area contributed by atoms with Crippen molar-refractivity contribution in [1.82, 2.24) is 16.0 Å². The highest BCUT2D eigenvalue weighted by Crippen LogP contribution is 2.14. The molecule has 3 rings (SSSR count). The summed E-state index contributed by atoms with van der Waals surface area (Å²) in [6, 6.07) is 15.9. The molecule has 3 amide bonds. The number of carbonyl (C=O) groups excluding carboxylic acids is 3. The fraction of sp³-hybridized carbons (Fsp3) is 0.320. The van der Waals surface area contributed by atoms with Crippen LogP contribution >= 0.6 is 11.6 Å². The first kappa shape index (κ1) is 23.5. The number of rotatable bonds is 5. The Balaban J connectivity index is 1.62. The van der Waals surface area contributed by atoms with Gasteiger partial charge >= 0.3 is 0 Å². The third-order valence-corrected chi connectivity index (χ3v) is 5.55. The predicted octanol–water partition coefficient (Wildman–Crippen LogP) is 3.47. The van der Waals surface area contributed by atoms with Gasteiger partial charge in [-0.1, -0.05) is 66.2 Å². The highest BCUT2D eigenvalue weighted by molar-refractivity contribution is 6.30. The molecule has 2 aromatic rings. The van der Waals surface area contributed by atoms with Crippen molar-refractivity contribution >= 4 is 29.3 Å². The highest BCUT2D eigenvalue weighted by Gasteiger charge is 2.22. The van der Waals surface area contributed by atoms with Crippen LogP contribution in [0.25, 0.3) is 0 Å². The molecule has 2 atom stereocenters. The fourth-order valence-electron chi connectivity index (χ4n) is 3.50. The lowest BCUT2D eigenvalue weighted by Crippen LogP contribution is -2.48. The van der Waals surface area contributed by atoms with Crippen LogP contribution < -0.4 is 16.0 Å². The molecule has 1 aliphatic rings. The van der Waals surface area contributed by atoms with E-state index in [-0.39, 0.29) is 36.7 Å². The molecule has 32 heavy (non-hydrogen) atoms. The molecule has 2 aromatic carbocycles. The number of amides is 3. The van der Waals surface area contributed by atoms with Crippen molar-refractivity contribution in [3.05, 3.63) is 82.9 Å². The standard InChI is InChI=1S/C25H28ClN3O3/c26-20-14-11-18(12-15-20)13-16-24(31)28-21-9-5-2-6-10-23(30)29-22(17-27-25(21)32)19-7-3-1-4-8-19/h1-5,7-8,11-12,14-15,21-22H,6,9-10,13,16-17H2,(H,27,32)(H,28,31)(H,29,30)/t21-,22+/m1/s1. The van der Waals surface area contributed by atoms with Crippen molar-refractivity contribution in [3.8, 4) is 0 Å². The van der Waals surface area contributed by atoms with Gasteiger partial charge in [-0.3, -0.25) is 14.4 Å². The molecule has 0 unspecified atom stereocenters. The molecule has 0 aliphatic carbocycles. The minimum absolute atomic E-state index is 0.0645. The average Bonchev–Trinajstić information content (AvgIpc) is 2.80. The number of carbonyl (C=O) groups is 3. The molecule has 6 nitrogen and oxygen atoms in total. The summed E-state index contributed by atoms with van der Waals surface area (Å²) in [6.45, 7) is 0.245. The molecule has 0 spiro atoms. The lowest BCUT2D eigenvalue weighted by molar-refractivity contribution is -0.129. The van der Waals surface area contributed by atoms with E-state index in [1.165, 1.54) is 0 Å². The fourth-order valence-corrected chi connectivity index (χ4v) is 3.63. The largest absolute Gasteiger partial charge is 0.352 e. The maximum Gasteiger partial charge on any atom is 0.242 e. The first-order valence-electron chi connectivity index (χ1n) is 10.8. The second-order valence-corrected chi connectivity index (χ2v) is 8.20. The lowest BCUT2D eigenvalue weighted by Gasteiger charge is -2.23. The Morgan fingerprint density at radius 1 is 1.03 bits per heavy atom. The summed E-state index contributed by atoms with van der Waals surface area (Å²) >= 11 is 5.90. The van der Waals surface area contributed by atoms with Crippen LogP contribution in [0.2, 0.25) is 5.02 Å². The summed E-state index contributed by atoms with van der Waals surface area (Å²) in [5, 5.41) is 9.38. The maximum atomic E-state index is 12.8. The predicted molar refractivity (Wildman–Crippen MR) is 125 cm³/mol. The Hall–Kier alpha value is -3.12. The molecular weight excluding hydrogens is 426 g/mol. The minimum atomic E-state index is -0.671. The van der Waals surface area contributed by atoms with Crippen molar-refractivity contribution in [2.24, 2.45) is 0 Å². The molecule has 0 bridgehead atoms. The first-order valence-corrected chi connectivity index (χ1v) is 11.2. The number of halogens is 1. The Morgan fingerprint density at radius 2 is 1.78 bits per heavy atom. The highest BCUT2D eigenvalue weighted by atomic mass is 35.5. The maximum absolute atomic E-state index is 12.8. The molecule has 0 fully saturated rings. The number of aryl methyl sites for hydroxylation is 1. The van der Waals surface area contributed by atoms with Crippen molar-refractivity contribution in [3.63, 3.8) is 0 Å². The molecule has 3 N–H and O–H groups in total.